The molecule has 0 saturated carbocycles. The minimum atomic E-state index is -4.30. The second-order valence-electron chi connectivity index (χ2n) is 3.89. The number of halogens is 3. The average molecular weight is 334 g/mol. The average Bonchev–Trinajstić information content (AvgIpc) is 2.39. The zero-order chi connectivity index (χ0) is 13.9. The van der Waals surface area contributed by atoms with Gasteiger partial charge in [-0.3, -0.25) is 4.98 Å². The third kappa shape index (κ3) is 4.30. The predicted octanol–water partition coefficient (Wildman–Crippen LogP) is 4.88. The van der Waals surface area contributed by atoms with Crippen LogP contribution in [0.4, 0.5) is 13.2 Å². The molecule has 0 spiro atoms. The molecular formula is C14H12F3NSV. The first-order valence-corrected chi connectivity index (χ1v) is 6.75. The molecule has 2 rings (SSSR count). The Morgan fingerprint density at radius 3 is 2.15 bits per heavy atom. The topological polar surface area (TPSA) is 12.9 Å². The summed E-state index contributed by atoms with van der Waals surface area (Å²) in [5.41, 5.74) is 0.713. The number of pyridine rings is 1. The van der Waals surface area contributed by atoms with Gasteiger partial charge in [0.25, 0.3) is 0 Å². The van der Waals surface area contributed by atoms with Crippen molar-refractivity contribution < 1.29 is 31.7 Å². The normalized spacial score (nSPS) is 11.0. The molecule has 0 saturated heterocycles. The van der Waals surface area contributed by atoms with E-state index in [1.807, 2.05) is 12.1 Å². The second-order valence-corrected chi connectivity index (χ2v) is 5.22. The Bertz CT molecular complexity index is 538. The summed E-state index contributed by atoms with van der Waals surface area (Å²) < 4.78 is 37.3. The number of aromatic nitrogens is 1. The Kier molecular flexibility index (Phi) is 6.18. The first-order valence-electron chi connectivity index (χ1n) is 5.77. The van der Waals surface area contributed by atoms with Gasteiger partial charge in [0.05, 0.1) is 11.3 Å². The molecule has 0 fully saturated rings. The first-order chi connectivity index (χ1) is 9.00. The van der Waals surface area contributed by atoms with Crippen molar-refractivity contribution in [3.05, 3.63) is 48.2 Å². The molecule has 105 valence electrons. The Hall–Kier alpha value is -0.906. The van der Waals surface area contributed by atoms with E-state index in [9.17, 15) is 13.2 Å². The van der Waals surface area contributed by atoms with E-state index >= 15 is 0 Å². The van der Waals surface area contributed by atoms with Gasteiger partial charge < -0.3 is 0 Å². The molecule has 0 unspecified atom stereocenters. The van der Waals surface area contributed by atoms with Crippen molar-refractivity contribution in [1.29, 1.82) is 0 Å². The van der Waals surface area contributed by atoms with Gasteiger partial charge in [0.2, 0.25) is 0 Å². The van der Waals surface area contributed by atoms with E-state index in [2.05, 4.69) is 11.9 Å². The largest absolute Gasteiger partial charge is 0.416 e. The van der Waals surface area contributed by atoms with E-state index in [1.165, 1.54) is 12.1 Å². The monoisotopic (exact) mass is 334 g/mol. The maximum absolute atomic E-state index is 12.4. The summed E-state index contributed by atoms with van der Waals surface area (Å²) in [4.78, 5) is 5.31. The Balaban J connectivity index is 0.00000200. The SMILES string of the molecule is CCSc1ccc(-c2ccc(C(F)(F)F)cc2)nc1.[V]. The second kappa shape index (κ2) is 7.20. The van der Waals surface area contributed by atoms with Crippen LogP contribution in [0, 0.1) is 0 Å². The maximum Gasteiger partial charge on any atom is 0.416 e. The predicted molar refractivity (Wildman–Crippen MR) is 71.1 cm³/mol. The van der Waals surface area contributed by atoms with E-state index in [-0.39, 0.29) is 18.6 Å². The van der Waals surface area contributed by atoms with Gasteiger partial charge in [0, 0.05) is 35.2 Å². The van der Waals surface area contributed by atoms with Gasteiger partial charge in [0.15, 0.2) is 0 Å². The maximum atomic E-state index is 12.4. The number of alkyl halides is 3. The molecule has 1 aromatic carbocycles. The van der Waals surface area contributed by atoms with Gasteiger partial charge in [-0.1, -0.05) is 19.1 Å². The van der Waals surface area contributed by atoms with Crippen molar-refractivity contribution in [3.8, 4) is 11.3 Å². The molecule has 0 amide bonds. The van der Waals surface area contributed by atoms with Crippen LogP contribution in [0.5, 0.6) is 0 Å². The molecule has 2 aromatic rings. The number of benzene rings is 1. The van der Waals surface area contributed by atoms with Gasteiger partial charge in [0.1, 0.15) is 0 Å². The number of rotatable bonds is 3. The molecule has 1 radical (unpaired) electrons. The number of hydrogen-bond donors (Lipinski definition) is 0. The van der Waals surface area contributed by atoms with Gasteiger partial charge in [-0.25, -0.2) is 0 Å². The summed E-state index contributed by atoms with van der Waals surface area (Å²) in [5, 5.41) is 0. The van der Waals surface area contributed by atoms with Crippen LogP contribution in [0.3, 0.4) is 0 Å². The number of thioether (sulfide) groups is 1. The smallest absolute Gasteiger partial charge is 0.255 e. The quantitative estimate of drug-likeness (QED) is 0.742. The summed E-state index contributed by atoms with van der Waals surface area (Å²) in [7, 11) is 0. The summed E-state index contributed by atoms with van der Waals surface area (Å²) in [6.45, 7) is 2.05. The Morgan fingerprint density at radius 2 is 1.70 bits per heavy atom. The van der Waals surface area contributed by atoms with E-state index in [0.717, 1.165) is 22.8 Å². The first kappa shape index (κ1) is 17.1. The molecule has 1 nitrogen and oxygen atoms in total. The van der Waals surface area contributed by atoms with Crippen LogP contribution < -0.4 is 0 Å². The third-order valence-corrected chi connectivity index (χ3v) is 3.42. The van der Waals surface area contributed by atoms with Gasteiger partial charge in [-0.15, -0.1) is 11.8 Å². The summed E-state index contributed by atoms with van der Waals surface area (Å²) in [6, 6.07) is 8.78. The van der Waals surface area contributed by atoms with Crippen molar-refractivity contribution in [3.63, 3.8) is 0 Å². The van der Waals surface area contributed by atoms with Crippen molar-refractivity contribution in [2.45, 2.75) is 18.0 Å². The number of hydrogen-bond acceptors (Lipinski definition) is 2. The van der Waals surface area contributed by atoms with Gasteiger partial charge >= 0.3 is 6.18 Å². The fraction of sp³-hybridized carbons (Fsp3) is 0.214. The van der Waals surface area contributed by atoms with E-state index in [1.54, 1.807) is 18.0 Å². The van der Waals surface area contributed by atoms with E-state index in [0.29, 0.717) is 11.3 Å². The molecule has 0 atom stereocenters. The fourth-order valence-corrected chi connectivity index (χ4v) is 2.26. The van der Waals surface area contributed by atoms with Crippen molar-refractivity contribution in [2.24, 2.45) is 0 Å². The molecule has 0 aliphatic heterocycles. The summed E-state index contributed by atoms with van der Waals surface area (Å²) in [6.07, 6.45) is -2.56. The molecule has 0 aliphatic carbocycles. The van der Waals surface area contributed by atoms with E-state index in [4.69, 9.17) is 0 Å². The van der Waals surface area contributed by atoms with E-state index < -0.39 is 11.7 Å². The van der Waals surface area contributed by atoms with Crippen LogP contribution >= 0.6 is 11.8 Å². The molecule has 0 N–H and O–H groups in total. The zero-order valence-electron chi connectivity index (χ0n) is 10.7. The van der Waals surface area contributed by atoms with Crippen LogP contribution in [0.2, 0.25) is 0 Å². The van der Waals surface area contributed by atoms with Gasteiger partial charge in [-0.2, -0.15) is 13.2 Å². The van der Waals surface area contributed by atoms with Crippen molar-refractivity contribution in [2.75, 3.05) is 5.75 Å². The summed E-state index contributed by atoms with van der Waals surface area (Å²) >= 11 is 1.67. The Morgan fingerprint density at radius 1 is 1.05 bits per heavy atom. The van der Waals surface area contributed by atoms with Gasteiger partial charge in [-0.05, 0) is 30.0 Å². The van der Waals surface area contributed by atoms with Crippen LogP contribution in [0.15, 0.2) is 47.5 Å². The molecule has 0 aliphatic rings. The minimum absolute atomic E-state index is 0. The number of nitrogens with zero attached hydrogens (tertiary/aromatic N) is 1. The standard InChI is InChI=1S/C14H12F3NS.V/c1-2-19-12-7-8-13(18-9-12)10-3-5-11(6-4-10)14(15,16)17;/h3-9H,2H2,1H3;. The third-order valence-electron chi connectivity index (χ3n) is 2.56. The molecule has 20 heavy (non-hydrogen) atoms. The van der Waals surface area contributed by atoms with Crippen LogP contribution in [-0.4, -0.2) is 10.7 Å². The fourth-order valence-electron chi connectivity index (χ4n) is 1.63. The van der Waals surface area contributed by atoms with Crippen molar-refractivity contribution in [1.82, 2.24) is 4.98 Å². The molecule has 6 heteroatoms. The van der Waals surface area contributed by atoms with Crippen LogP contribution in [-0.2, 0) is 24.7 Å². The molecule has 1 aromatic heterocycles. The molecule has 1 heterocycles. The van der Waals surface area contributed by atoms with Crippen LogP contribution in [0.1, 0.15) is 12.5 Å². The molecular weight excluding hydrogens is 322 g/mol. The Labute approximate surface area is 131 Å². The van der Waals surface area contributed by atoms with Crippen molar-refractivity contribution >= 4 is 11.8 Å². The zero-order valence-corrected chi connectivity index (χ0v) is 12.9. The van der Waals surface area contributed by atoms with Crippen LogP contribution in [0.25, 0.3) is 11.3 Å². The molecule has 0 bridgehead atoms. The summed E-state index contributed by atoms with van der Waals surface area (Å²) in [5.74, 6) is 0.960. The minimum Gasteiger partial charge on any atom is -0.255 e.